The third-order valence-corrected chi connectivity index (χ3v) is 5.84. The normalized spacial score (nSPS) is 21.3. The van der Waals surface area contributed by atoms with Crippen molar-refractivity contribution in [3.8, 4) is 5.75 Å². The van der Waals surface area contributed by atoms with Crippen LogP contribution in [0.5, 0.6) is 5.75 Å². The number of ether oxygens (including phenoxy) is 1. The summed E-state index contributed by atoms with van der Waals surface area (Å²) < 4.78 is 5.48. The van der Waals surface area contributed by atoms with Gasteiger partial charge in [0.2, 0.25) is 11.8 Å². The lowest BCUT2D eigenvalue weighted by Crippen LogP contribution is -2.47. The molecule has 1 fully saturated rings. The molecule has 0 unspecified atom stereocenters. The van der Waals surface area contributed by atoms with Gasteiger partial charge in [-0.1, -0.05) is 49.0 Å². The van der Waals surface area contributed by atoms with Crippen molar-refractivity contribution in [1.82, 2.24) is 10.6 Å². The van der Waals surface area contributed by atoms with Crippen LogP contribution < -0.4 is 15.4 Å². The molecule has 0 heterocycles. The predicted octanol–water partition coefficient (Wildman–Crippen LogP) is 2.81. The number of methoxy groups -OCH3 is 1. The number of carbonyl (C=O) groups is 2. The van der Waals surface area contributed by atoms with Crippen molar-refractivity contribution >= 4 is 11.8 Å². The van der Waals surface area contributed by atoms with E-state index in [1.54, 1.807) is 7.11 Å². The predicted molar refractivity (Wildman–Crippen MR) is 107 cm³/mol. The first-order valence-corrected chi connectivity index (χ1v) is 9.54. The van der Waals surface area contributed by atoms with E-state index in [0.29, 0.717) is 6.42 Å². The Morgan fingerprint density at radius 2 is 1.82 bits per heavy atom. The molecule has 144 valence electrons. The zero-order valence-electron chi connectivity index (χ0n) is 15.9. The molecule has 0 spiro atoms. The Bertz CT molecular complexity index is 933. The number of hydrogen-bond acceptors (Lipinski definition) is 3. The zero-order valence-corrected chi connectivity index (χ0v) is 15.9. The number of fused-ring (bicyclic) bond motifs is 1. The van der Waals surface area contributed by atoms with Crippen molar-refractivity contribution in [2.45, 2.75) is 36.8 Å². The van der Waals surface area contributed by atoms with E-state index < -0.39 is 5.41 Å². The summed E-state index contributed by atoms with van der Waals surface area (Å²) in [6.45, 7) is 3.54. The van der Waals surface area contributed by atoms with E-state index in [4.69, 9.17) is 4.74 Å². The van der Waals surface area contributed by atoms with Crippen LogP contribution in [0.15, 0.2) is 61.2 Å². The van der Waals surface area contributed by atoms with Crippen molar-refractivity contribution in [3.05, 3.63) is 77.9 Å². The van der Waals surface area contributed by atoms with Crippen molar-refractivity contribution < 1.29 is 14.3 Å². The van der Waals surface area contributed by atoms with E-state index in [2.05, 4.69) is 17.2 Å². The quantitative estimate of drug-likeness (QED) is 0.762. The molecule has 0 aromatic heterocycles. The molecule has 0 radical (unpaired) electrons. The first-order chi connectivity index (χ1) is 13.6. The van der Waals surface area contributed by atoms with Gasteiger partial charge in [0.15, 0.2) is 0 Å². The molecular weight excluding hydrogens is 352 g/mol. The van der Waals surface area contributed by atoms with Crippen molar-refractivity contribution in [2.24, 2.45) is 0 Å². The summed E-state index contributed by atoms with van der Waals surface area (Å²) >= 11 is 0. The largest absolute Gasteiger partial charge is 0.496 e. The van der Waals surface area contributed by atoms with Gasteiger partial charge >= 0.3 is 0 Å². The molecule has 5 nitrogen and oxygen atoms in total. The van der Waals surface area contributed by atoms with Gasteiger partial charge in [-0.15, -0.1) is 0 Å². The first-order valence-electron chi connectivity index (χ1n) is 9.54. The number of benzene rings is 2. The standard InChI is InChI=1S/C23H24N2O3/c1-3-20(26)25-21-16-9-5-4-8-15(16)14-18(21)24-22(27)23(12-13-23)17-10-6-7-11-19(17)28-2/h3-11,18,21H,1,12-14H2,2H3,(H,24,27)(H,25,26)/t18-,21-/m1/s1. The summed E-state index contributed by atoms with van der Waals surface area (Å²) in [6.07, 6.45) is 3.54. The van der Waals surface area contributed by atoms with Crippen LogP contribution in [-0.2, 0) is 21.4 Å². The molecule has 0 saturated heterocycles. The zero-order chi connectivity index (χ0) is 19.7. The Balaban J connectivity index is 1.58. The second kappa shape index (κ2) is 7.15. The molecule has 2 aliphatic rings. The molecule has 0 bridgehead atoms. The second-order valence-electron chi connectivity index (χ2n) is 7.46. The maximum Gasteiger partial charge on any atom is 0.243 e. The Hall–Kier alpha value is -3.08. The van der Waals surface area contributed by atoms with E-state index >= 15 is 0 Å². The number of carbonyl (C=O) groups excluding carboxylic acids is 2. The smallest absolute Gasteiger partial charge is 0.243 e. The molecular formula is C23H24N2O3. The molecule has 2 N–H and O–H groups in total. The van der Waals surface area contributed by atoms with Crippen LogP contribution in [-0.4, -0.2) is 25.0 Å². The van der Waals surface area contributed by atoms with Crippen molar-refractivity contribution in [3.63, 3.8) is 0 Å². The van der Waals surface area contributed by atoms with E-state index in [0.717, 1.165) is 35.3 Å². The SMILES string of the molecule is C=CC(=O)N[C@@H]1c2ccccc2C[C@H]1NC(=O)C1(c2ccccc2OC)CC1. The fourth-order valence-electron chi connectivity index (χ4n) is 4.21. The molecule has 2 atom stereocenters. The minimum absolute atomic E-state index is 0.00680. The molecule has 2 amide bonds. The lowest BCUT2D eigenvalue weighted by Gasteiger charge is -2.26. The van der Waals surface area contributed by atoms with E-state index in [1.807, 2.05) is 48.5 Å². The van der Waals surface area contributed by atoms with Crippen LogP contribution in [0.3, 0.4) is 0 Å². The maximum atomic E-state index is 13.3. The van der Waals surface area contributed by atoms with Gasteiger partial charge in [0.1, 0.15) is 5.75 Å². The van der Waals surface area contributed by atoms with Crippen LogP contribution in [0, 0.1) is 0 Å². The third kappa shape index (κ3) is 3.07. The Morgan fingerprint density at radius 3 is 2.54 bits per heavy atom. The van der Waals surface area contributed by atoms with E-state index in [9.17, 15) is 9.59 Å². The summed E-state index contributed by atoms with van der Waals surface area (Å²) in [5.74, 6) is 0.487. The van der Waals surface area contributed by atoms with Gasteiger partial charge < -0.3 is 15.4 Å². The Kier molecular flexibility index (Phi) is 4.67. The van der Waals surface area contributed by atoms with Crippen LogP contribution in [0.25, 0.3) is 0 Å². The number of para-hydroxylation sites is 1. The van der Waals surface area contributed by atoms with Gasteiger partial charge in [0, 0.05) is 5.56 Å². The summed E-state index contributed by atoms with van der Waals surface area (Å²) in [5, 5.41) is 6.19. The van der Waals surface area contributed by atoms with Crippen LogP contribution in [0.2, 0.25) is 0 Å². The summed E-state index contributed by atoms with van der Waals surface area (Å²) in [5.41, 5.74) is 2.57. The average molecular weight is 376 g/mol. The summed E-state index contributed by atoms with van der Waals surface area (Å²) in [4.78, 5) is 25.3. The fourth-order valence-corrected chi connectivity index (χ4v) is 4.21. The van der Waals surface area contributed by atoms with Gasteiger partial charge in [-0.25, -0.2) is 0 Å². The lowest BCUT2D eigenvalue weighted by atomic mass is 9.93. The number of hydrogen-bond donors (Lipinski definition) is 2. The highest BCUT2D eigenvalue weighted by molar-refractivity contribution is 5.92. The van der Waals surface area contributed by atoms with E-state index in [-0.39, 0.29) is 23.9 Å². The van der Waals surface area contributed by atoms with Crippen molar-refractivity contribution in [2.75, 3.05) is 7.11 Å². The highest BCUT2D eigenvalue weighted by Gasteiger charge is 2.53. The van der Waals surface area contributed by atoms with Gasteiger partial charge in [-0.05, 0) is 42.5 Å². The van der Waals surface area contributed by atoms with Crippen LogP contribution in [0.1, 0.15) is 35.6 Å². The average Bonchev–Trinajstić information content (AvgIpc) is 3.47. The molecule has 28 heavy (non-hydrogen) atoms. The minimum atomic E-state index is -0.547. The monoisotopic (exact) mass is 376 g/mol. The second-order valence-corrected chi connectivity index (χ2v) is 7.46. The number of amides is 2. The molecule has 4 rings (SSSR count). The molecule has 2 aromatic rings. The van der Waals surface area contributed by atoms with Gasteiger partial charge in [-0.3, -0.25) is 9.59 Å². The highest BCUT2D eigenvalue weighted by Crippen LogP contribution is 2.51. The topological polar surface area (TPSA) is 67.4 Å². The maximum absolute atomic E-state index is 13.3. The molecule has 0 aliphatic heterocycles. The lowest BCUT2D eigenvalue weighted by molar-refractivity contribution is -0.125. The Morgan fingerprint density at radius 1 is 1.11 bits per heavy atom. The number of rotatable bonds is 6. The van der Waals surface area contributed by atoms with E-state index in [1.165, 1.54) is 6.08 Å². The first kappa shape index (κ1) is 18.3. The minimum Gasteiger partial charge on any atom is -0.496 e. The summed E-state index contributed by atoms with van der Waals surface area (Å²) in [7, 11) is 1.63. The summed E-state index contributed by atoms with van der Waals surface area (Å²) in [6, 6.07) is 15.2. The molecule has 2 aromatic carbocycles. The molecule has 5 heteroatoms. The molecule has 2 aliphatic carbocycles. The van der Waals surface area contributed by atoms with Gasteiger partial charge in [-0.2, -0.15) is 0 Å². The van der Waals surface area contributed by atoms with Crippen LogP contribution in [0.4, 0.5) is 0 Å². The Labute approximate surface area is 164 Å². The third-order valence-electron chi connectivity index (χ3n) is 5.84. The molecule has 1 saturated carbocycles. The van der Waals surface area contributed by atoms with Crippen molar-refractivity contribution in [1.29, 1.82) is 0 Å². The number of nitrogens with one attached hydrogen (secondary N) is 2. The highest BCUT2D eigenvalue weighted by atomic mass is 16.5. The van der Waals surface area contributed by atoms with Gasteiger partial charge in [0.25, 0.3) is 0 Å². The van der Waals surface area contributed by atoms with Crippen LogP contribution >= 0.6 is 0 Å². The van der Waals surface area contributed by atoms with Gasteiger partial charge in [0.05, 0.1) is 24.6 Å². The fraction of sp³-hybridized carbons (Fsp3) is 0.304.